The Bertz CT molecular complexity index is 588. The molecule has 1 N–H and O–H groups in total. The van der Waals surface area contributed by atoms with Crippen LogP contribution in [0.25, 0.3) is 0 Å². The summed E-state index contributed by atoms with van der Waals surface area (Å²) in [5.74, 6) is 0.857. The molecule has 2 rings (SSSR count). The first-order valence-corrected chi connectivity index (χ1v) is 7.59. The molecular formula is C16H17BrClNO. The number of nitrogens with one attached hydrogen (secondary N) is 1. The molecule has 0 unspecified atom stereocenters. The molecule has 20 heavy (non-hydrogen) atoms. The van der Waals surface area contributed by atoms with Crippen molar-refractivity contribution in [1.82, 2.24) is 5.32 Å². The highest BCUT2D eigenvalue weighted by atomic mass is 79.9. The molecule has 0 saturated heterocycles. The van der Waals surface area contributed by atoms with Crippen molar-refractivity contribution in [1.29, 1.82) is 0 Å². The maximum absolute atomic E-state index is 6.21. The SMILES string of the molecule is COc1ccc(Br)c(CN[C@@H](C)c2ccccc2Cl)c1. The molecule has 0 saturated carbocycles. The van der Waals surface area contributed by atoms with Gasteiger partial charge in [0.15, 0.2) is 0 Å². The minimum absolute atomic E-state index is 0.182. The van der Waals surface area contributed by atoms with E-state index in [2.05, 4.69) is 28.2 Å². The summed E-state index contributed by atoms with van der Waals surface area (Å²) in [6.45, 7) is 2.85. The Morgan fingerprint density at radius 2 is 2.00 bits per heavy atom. The van der Waals surface area contributed by atoms with Crippen LogP contribution in [0.5, 0.6) is 5.75 Å². The summed E-state index contributed by atoms with van der Waals surface area (Å²) >= 11 is 9.77. The van der Waals surface area contributed by atoms with Crippen LogP contribution in [0.15, 0.2) is 46.9 Å². The number of hydrogen-bond acceptors (Lipinski definition) is 2. The van der Waals surface area contributed by atoms with Gasteiger partial charge in [0.25, 0.3) is 0 Å². The van der Waals surface area contributed by atoms with Crippen molar-refractivity contribution in [3.8, 4) is 5.75 Å². The zero-order valence-electron chi connectivity index (χ0n) is 11.5. The third-order valence-electron chi connectivity index (χ3n) is 3.22. The number of hydrogen-bond donors (Lipinski definition) is 1. The molecule has 4 heteroatoms. The molecule has 0 spiro atoms. The lowest BCUT2D eigenvalue weighted by molar-refractivity contribution is 0.413. The molecule has 0 heterocycles. The van der Waals surface area contributed by atoms with E-state index in [1.807, 2.05) is 42.5 Å². The first kappa shape index (κ1) is 15.4. The lowest BCUT2D eigenvalue weighted by Gasteiger charge is -2.16. The average molecular weight is 355 g/mol. The summed E-state index contributed by atoms with van der Waals surface area (Å²) in [4.78, 5) is 0. The van der Waals surface area contributed by atoms with E-state index in [9.17, 15) is 0 Å². The fraction of sp³-hybridized carbons (Fsp3) is 0.250. The Balaban J connectivity index is 2.07. The van der Waals surface area contributed by atoms with E-state index in [0.29, 0.717) is 0 Å². The van der Waals surface area contributed by atoms with Gasteiger partial charge in [-0.3, -0.25) is 0 Å². The van der Waals surface area contributed by atoms with E-state index in [0.717, 1.165) is 32.9 Å². The maximum Gasteiger partial charge on any atom is 0.119 e. The molecule has 0 aromatic heterocycles. The first-order valence-electron chi connectivity index (χ1n) is 6.42. The molecule has 0 aliphatic heterocycles. The highest BCUT2D eigenvalue weighted by Crippen LogP contribution is 2.25. The van der Waals surface area contributed by atoms with Crippen LogP contribution in [0.1, 0.15) is 24.1 Å². The largest absolute Gasteiger partial charge is 0.497 e. The topological polar surface area (TPSA) is 21.3 Å². The van der Waals surface area contributed by atoms with E-state index < -0.39 is 0 Å². The maximum atomic E-state index is 6.21. The highest BCUT2D eigenvalue weighted by molar-refractivity contribution is 9.10. The van der Waals surface area contributed by atoms with Gasteiger partial charge in [0, 0.05) is 22.1 Å². The van der Waals surface area contributed by atoms with Gasteiger partial charge in [-0.25, -0.2) is 0 Å². The normalized spacial score (nSPS) is 12.2. The van der Waals surface area contributed by atoms with Crippen LogP contribution in [0, 0.1) is 0 Å². The Labute approximate surface area is 133 Å². The Hall–Kier alpha value is -1.03. The molecule has 0 bridgehead atoms. The third kappa shape index (κ3) is 3.75. The van der Waals surface area contributed by atoms with Gasteiger partial charge in [-0.15, -0.1) is 0 Å². The molecule has 2 nitrogen and oxygen atoms in total. The van der Waals surface area contributed by atoms with E-state index in [1.165, 1.54) is 0 Å². The van der Waals surface area contributed by atoms with Crippen molar-refractivity contribution < 1.29 is 4.74 Å². The molecule has 0 fully saturated rings. The summed E-state index contributed by atoms with van der Waals surface area (Å²) < 4.78 is 6.32. The van der Waals surface area contributed by atoms with Gasteiger partial charge in [0.05, 0.1) is 7.11 Å². The van der Waals surface area contributed by atoms with Gasteiger partial charge in [-0.2, -0.15) is 0 Å². The second-order valence-electron chi connectivity index (χ2n) is 4.58. The number of rotatable bonds is 5. The van der Waals surface area contributed by atoms with Crippen molar-refractivity contribution in [3.05, 3.63) is 63.1 Å². The fourth-order valence-electron chi connectivity index (χ4n) is 2.01. The first-order chi connectivity index (χ1) is 9.61. The van der Waals surface area contributed by atoms with Gasteiger partial charge in [0.2, 0.25) is 0 Å². The van der Waals surface area contributed by atoms with Gasteiger partial charge in [-0.05, 0) is 42.3 Å². The minimum atomic E-state index is 0.182. The van der Waals surface area contributed by atoms with Crippen LogP contribution >= 0.6 is 27.5 Å². The Morgan fingerprint density at radius 3 is 2.70 bits per heavy atom. The van der Waals surface area contributed by atoms with Crippen LogP contribution in [0.3, 0.4) is 0 Å². The predicted molar refractivity (Wildman–Crippen MR) is 87.4 cm³/mol. The molecule has 106 valence electrons. The van der Waals surface area contributed by atoms with Gasteiger partial charge in [-0.1, -0.05) is 45.7 Å². The minimum Gasteiger partial charge on any atom is -0.497 e. The van der Waals surface area contributed by atoms with Crippen LogP contribution in [0.4, 0.5) is 0 Å². The Morgan fingerprint density at radius 1 is 1.25 bits per heavy atom. The highest BCUT2D eigenvalue weighted by Gasteiger charge is 2.09. The summed E-state index contributed by atoms with van der Waals surface area (Å²) in [5.41, 5.74) is 2.26. The van der Waals surface area contributed by atoms with Crippen molar-refractivity contribution in [2.24, 2.45) is 0 Å². The molecule has 2 aromatic carbocycles. The second kappa shape index (κ2) is 7.11. The molecule has 0 radical (unpaired) electrons. The van der Waals surface area contributed by atoms with Crippen molar-refractivity contribution >= 4 is 27.5 Å². The van der Waals surface area contributed by atoms with Crippen LogP contribution in [-0.4, -0.2) is 7.11 Å². The summed E-state index contributed by atoms with van der Waals surface area (Å²) in [6.07, 6.45) is 0. The third-order valence-corrected chi connectivity index (χ3v) is 4.34. The standard InChI is InChI=1S/C16H17BrClNO/c1-11(14-5-3-4-6-16(14)18)19-10-12-9-13(20-2)7-8-15(12)17/h3-9,11,19H,10H2,1-2H3/t11-/m0/s1. The lowest BCUT2D eigenvalue weighted by atomic mass is 10.1. The van der Waals surface area contributed by atoms with Crippen LogP contribution < -0.4 is 10.1 Å². The van der Waals surface area contributed by atoms with E-state index in [-0.39, 0.29) is 6.04 Å². The molecule has 1 atom stereocenters. The quantitative estimate of drug-likeness (QED) is 0.819. The summed E-state index contributed by atoms with van der Waals surface area (Å²) in [5, 5.41) is 4.27. The number of benzene rings is 2. The molecule has 0 aliphatic rings. The van der Waals surface area contributed by atoms with Gasteiger partial charge < -0.3 is 10.1 Å². The van der Waals surface area contributed by atoms with Crippen LogP contribution in [0.2, 0.25) is 5.02 Å². The fourth-order valence-corrected chi connectivity index (χ4v) is 2.70. The molecule has 0 amide bonds. The van der Waals surface area contributed by atoms with Gasteiger partial charge >= 0.3 is 0 Å². The van der Waals surface area contributed by atoms with E-state index in [1.54, 1.807) is 7.11 Å². The van der Waals surface area contributed by atoms with Crippen molar-refractivity contribution in [2.45, 2.75) is 19.5 Å². The lowest BCUT2D eigenvalue weighted by Crippen LogP contribution is -2.18. The van der Waals surface area contributed by atoms with Crippen LogP contribution in [-0.2, 0) is 6.54 Å². The second-order valence-corrected chi connectivity index (χ2v) is 5.84. The zero-order chi connectivity index (χ0) is 14.5. The zero-order valence-corrected chi connectivity index (χ0v) is 13.8. The average Bonchev–Trinajstić information content (AvgIpc) is 2.46. The molecule has 2 aromatic rings. The number of ether oxygens (including phenoxy) is 1. The summed E-state index contributed by atoms with van der Waals surface area (Å²) in [7, 11) is 1.67. The number of halogens is 2. The van der Waals surface area contributed by atoms with E-state index in [4.69, 9.17) is 16.3 Å². The monoisotopic (exact) mass is 353 g/mol. The van der Waals surface area contributed by atoms with Gasteiger partial charge in [0.1, 0.15) is 5.75 Å². The summed E-state index contributed by atoms with van der Waals surface area (Å²) in [6, 6.07) is 14.0. The Kier molecular flexibility index (Phi) is 5.46. The van der Waals surface area contributed by atoms with Crippen molar-refractivity contribution in [3.63, 3.8) is 0 Å². The van der Waals surface area contributed by atoms with Crippen molar-refractivity contribution in [2.75, 3.05) is 7.11 Å². The smallest absolute Gasteiger partial charge is 0.119 e. The molecule has 0 aliphatic carbocycles. The number of methoxy groups -OCH3 is 1. The molecular weight excluding hydrogens is 338 g/mol. The van der Waals surface area contributed by atoms with E-state index >= 15 is 0 Å². The predicted octanol–water partition coefficient (Wildman–Crippen LogP) is 4.96.